The lowest BCUT2D eigenvalue weighted by molar-refractivity contribution is 0.0956. The number of ether oxygens (including phenoxy) is 1. The standard InChI is InChI=1S/C14H20O3/c1-14(2,3)11-9-10(12(16)7-8-15)5-6-13(11)17-4/h5-6,9,15H,7-8H2,1-4H3. The number of methoxy groups -OCH3 is 1. The lowest BCUT2D eigenvalue weighted by Crippen LogP contribution is -2.14. The lowest BCUT2D eigenvalue weighted by atomic mass is 9.85. The zero-order valence-electron chi connectivity index (χ0n) is 10.9. The minimum absolute atomic E-state index is 0.0411. The van der Waals surface area contributed by atoms with Crippen molar-refractivity contribution < 1.29 is 14.6 Å². The molecule has 0 heterocycles. The smallest absolute Gasteiger partial charge is 0.165 e. The van der Waals surface area contributed by atoms with Gasteiger partial charge in [-0.3, -0.25) is 4.79 Å². The summed E-state index contributed by atoms with van der Waals surface area (Å²) in [5, 5.41) is 8.78. The molecular formula is C14H20O3. The summed E-state index contributed by atoms with van der Waals surface area (Å²) in [5.41, 5.74) is 1.55. The molecule has 0 fully saturated rings. The molecule has 0 saturated carbocycles. The monoisotopic (exact) mass is 236 g/mol. The number of benzene rings is 1. The number of hydrogen-bond donors (Lipinski definition) is 1. The van der Waals surface area contributed by atoms with Crippen molar-refractivity contribution in [1.29, 1.82) is 0 Å². The first-order valence-corrected chi connectivity index (χ1v) is 5.72. The molecule has 0 spiro atoms. The summed E-state index contributed by atoms with van der Waals surface area (Å²) < 4.78 is 5.31. The Bertz CT molecular complexity index is 402. The van der Waals surface area contributed by atoms with Gasteiger partial charge in [-0.1, -0.05) is 20.8 Å². The second kappa shape index (κ2) is 5.32. The quantitative estimate of drug-likeness (QED) is 0.817. The van der Waals surface area contributed by atoms with Gasteiger partial charge in [0.25, 0.3) is 0 Å². The Labute approximate surface area is 102 Å². The molecule has 1 aromatic carbocycles. The molecule has 0 aliphatic rings. The number of carbonyl (C=O) groups excluding carboxylic acids is 1. The van der Waals surface area contributed by atoms with Gasteiger partial charge in [0.1, 0.15) is 5.75 Å². The molecule has 0 atom stereocenters. The third kappa shape index (κ3) is 3.30. The molecule has 0 saturated heterocycles. The SMILES string of the molecule is COc1ccc(C(=O)CCO)cc1C(C)(C)C. The highest BCUT2D eigenvalue weighted by Crippen LogP contribution is 2.32. The molecule has 0 radical (unpaired) electrons. The van der Waals surface area contributed by atoms with Crippen molar-refractivity contribution in [2.75, 3.05) is 13.7 Å². The van der Waals surface area contributed by atoms with E-state index < -0.39 is 0 Å². The number of ketones is 1. The van der Waals surface area contributed by atoms with Crippen molar-refractivity contribution in [1.82, 2.24) is 0 Å². The average Bonchev–Trinajstić information content (AvgIpc) is 2.27. The zero-order chi connectivity index (χ0) is 13.1. The fourth-order valence-electron chi connectivity index (χ4n) is 1.71. The normalized spacial score (nSPS) is 11.4. The first-order valence-electron chi connectivity index (χ1n) is 5.72. The summed E-state index contributed by atoms with van der Waals surface area (Å²) in [6.07, 6.45) is 0.163. The van der Waals surface area contributed by atoms with Crippen LogP contribution in [0.15, 0.2) is 18.2 Å². The average molecular weight is 236 g/mol. The summed E-state index contributed by atoms with van der Waals surface area (Å²) in [6, 6.07) is 5.41. The van der Waals surface area contributed by atoms with Crippen LogP contribution in [0.4, 0.5) is 0 Å². The summed E-state index contributed by atoms with van der Waals surface area (Å²) in [7, 11) is 1.62. The molecule has 1 rings (SSSR count). The number of aliphatic hydroxyl groups excluding tert-OH is 1. The zero-order valence-corrected chi connectivity index (χ0v) is 10.9. The van der Waals surface area contributed by atoms with Crippen LogP contribution in [-0.4, -0.2) is 24.6 Å². The fraction of sp³-hybridized carbons (Fsp3) is 0.500. The first-order chi connectivity index (χ1) is 7.90. The molecule has 1 N–H and O–H groups in total. The van der Waals surface area contributed by atoms with Crippen molar-refractivity contribution in [3.05, 3.63) is 29.3 Å². The second-order valence-corrected chi connectivity index (χ2v) is 5.06. The minimum atomic E-state index is -0.115. The van der Waals surface area contributed by atoms with Crippen molar-refractivity contribution >= 4 is 5.78 Å². The van der Waals surface area contributed by atoms with E-state index in [9.17, 15) is 4.79 Å². The maximum atomic E-state index is 11.7. The highest BCUT2D eigenvalue weighted by molar-refractivity contribution is 5.96. The predicted molar refractivity (Wildman–Crippen MR) is 67.7 cm³/mol. The molecular weight excluding hydrogens is 216 g/mol. The van der Waals surface area contributed by atoms with Gasteiger partial charge in [-0.25, -0.2) is 0 Å². The van der Waals surface area contributed by atoms with Crippen LogP contribution in [0.25, 0.3) is 0 Å². The van der Waals surface area contributed by atoms with Gasteiger partial charge in [0, 0.05) is 17.5 Å². The van der Waals surface area contributed by atoms with E-state index in [2.05, 4.69) is 20.8 Å². The van der Waals surface area contributed by atoms with E-state index >= 15 is 0 Å². The van der Waals surface area contributed by atoms with E-state index in [1.807, 2.05) is 12.1 Å². The van der Waals surface area contributed by atoms with E-state index in [0.29, 0.717) is 5.56 Å². The third-order valence-corrected chi connectivity index (χ3v) is 2.67. The predicted octanol–water partition coefficient (Wildman–Crippen LogP) is 2.56. The number of carbonyl (C=O) groups is 1. The van der Waals surface area contributed by atoms with Crippen LogP contribution in [-0.2, 0) is 5.41 Å². The summed E-state index contributed by atoms with van der Waals surface area (Å²) in [6.45, 7) is 6.11. The third-order valence-electron chi connectivity index (χ3n) is 2.67. The molecule has 17 heavy (non-hydrogen) atoms. The molecule has 0 unspecified atom stereocenters. The minimum Gasteiger partial charge on any atom is -0.496 e. The fourth-order valence-corrected chi connectivity index (χ4v) is 1.71. The second-order valence-electron chi connectivity index (χ2n) is 5.06. The molecule has 0 bridgehead atoms. The van der Waals surface area contributed by atoms with Gasteiger partial charge in [-0.15, -0.1) is 0 Å². The van der Waals surface area contributed by atoms with E-state index in [-0.39, 0.29) is 24.2 Å². The topological polar surface area (TPSA) is 46.5 Å². The van der Waals surface area contributed by atoms with Crippen LogP contribution in [0.1, 0.15) is 43.1 Å². The first kappa shape index (κ1) is 13.7. The van der Waals surface area contributed by atoms with E-state index in [1.54, 1.807) is 13.2 Å². The largest absolute Gasteiger partial charge is 0.496 e. The highest BCUT2D eigenvalue weighted by Gasteiger charge is 2.20. The van der Waals surface area contributed by atoms with Crippen molar-refractivity contribution in [2.45, 2.75) is 32.6 Å². The van der Waals surface area contributed by atoms with Gasteiger partial charge in [0.2, 0.25) is 0 Å². The number of aliphatic hydroxyl groups is 1. The van der Waals surface area contributed by atoms with Crippen LogP contribution in [0.2, 0.25) is 0 Å². The molecule has 1 aromatic rings. The van der Waals surface area contributed by atoms with Crippen LogP contribution in [0.5, 0.6) is 5.75 Å². The Morgan fingerprint density at radius 2 is 2.00 bits per heavy atom. The van der Waals surface area contributed by atoms with Crippen LogP contribution in [0, 0.1) is 0 Å². The van der Waals surface area contributed by atoms with Gasteiger partial charge in [-0.05, 0) is 23.6 Å². The van der Waals surface area contributed by atoms with Crippen LogP contribution >= 0.6 is 0 Å². The Morgan fingerprint density at radius 3 is 2.47 bits per heavy atom. The van der Waals surface area contributed by atoms with Crippen molar-refractivity contribution in [3.63, 3.8) is 0 Å². The number of rotatable bonds is 4. The van der Waals surface area contributed by atoms with Crippen LogP contribution < -0.4 is 4.74 Å². The Kier molecular flexibility index (Phi) is 4.29. The van der Waals surface area contributed by atoms with E-state index in [1.165, 1.54) is 0 Å². The Balaban J connectivity index is 3.18. The molecule has 3 heteroatoms. The molecule has 3 nitrogen and oxygen atoms in total. The van der Waals surface area contributed by atoms with Gasteiger partial charge in [-0.2, -0.15) is 0 Å². The summed E-state index contributed by atoms with van der Waals surface area (Å²) >= 11 is 0. The molecule has 0 amide bonds. The van der Waals surface area contributed by atoms with E-state index in [0.717, 1.165) is 11.3 Å². The van der Waals surface area contributed by atoms with Gasteiger partial charge in [0.05, 0.1) is 13.7 Å². The van der Waals surface area contributed by atoms with E-state index in [4.69, 9.17) is 9.84 Å². The molecule has 94 valence electrons. The van der Waals surface area contributed by atoms with Crippen LogP contribution in [0.3, 0.4) is 0 Å². The summed E-state index contributed by atoms with van der Waals surface area (Å²) in [5.74, 6) is 0.749. The molecule has 0 aromatic heterocycles. The Hall–Kier alpha value is -1.35. The maximum Gasteiger partial charge on any atom is 0.165 e. The number of hydrogen-bond acceptors (Lipinski definition) is 3. The Morgan fingerprint density at radius 1 is 1.35 bits per heavy atom. The highest BCUT2D eigenvalue weighted by atomic mass is 16.5. The molecule has 0 aliphatic carbocycles. The summed E-state index contributed by atoms with van der Waals surface area (Å²) in [4.78, 5) is 11.7. The van der Waals surface area contributed by atoms with Gasteiger partial charge >= 0.3 is 0 Å². The van der Waals surface area contributed by atoms with Gasteiger partial charge in [0.15, 0.2) is 5.78 Å². The van der Waals surface area contributed by atoms with Crippen molar-refractivity contribution in [3.8, 4) is 5.75 Å². The number of Topliss-reactive ketones (excluding diaryl/α,β-unsaturated/α-hetero) is 1. The van der Waals surface area contributed by atoms with Gasteiger partial charge < -0.3 is 9.84 Å². The lowest BCUT2D eigenvalue weighted by Gasteiger charge is -2.22. The molecule has 0 aliphatic heterocycles. The van der Waals surface area contributed by atoms with Crippen molar-refractivity contribution in [2.24, 2.45) is 0 Å². The maximum absolute atomic E-state index is 11.7.